The molecule has 7 heteroatoms. The van der Waals surface area contributed by atoms with E-state index in [0.717, 1.165) is 26.1 Å². The third-order valence-corrected chi connectivity index (χ3v) is 9.11. The zero-order valence-electron chi connectivity index (χ0n) is 32.1. The van der Waals surface area contributed by atoms with Crippen molar-refractivity contribution in [1.82, 2.24) is 0 Å². The molecule has 0 aliphatic carbocycles. The van der Waals surface area contributed by atoms with Gasteiger partial charge in [-0.1, -0.05) is 155 Å². The second-order valence-electron chi connectivity index (χ2n) is 13.8. The van der Waals surface area contributed by atoms with Crippen molar-refractivity contribution in [2.24, 2.45) is 0 Å². The number of carbonyl (C=O) groups is 1. The van der Waals surface area contributed by atoms with Gasteiger partial charge in [0.05, 0.1) is 32.0 Å². The smallest absolute Gasteiger partial charge is 0.197 e. The predicted octanol–water partition coefficient (Wildman–Crippen LogP) is 11.8. The number of rotatable bonds is 38. The molecule has 0 aliphatic rings. The van der Waals surface area contributed by atoms with Crippen LogP contribution in [0.15, 0.2) is 18.2 Å². The summed E-state index contributed by atoms with van der Waals surface area (Å²) in [5.41, 5.74) is 0.224. The number of hydrogen-bond donors (Lipinski definition) is 1. The van der Waals surface area contributed by atoms with Crippen molar-refractivity contribution in [3.05, 3.63) is 23.8 Å². The Hall–Kier alpha value is -1.67. The van der Waals surface area contributed by atoms with Crippen LogP contribution < -0.4 is 4.74 Å². The van der Waals surface area contributed by atoms with Gasteiger partial charge >= 0.3 is 0 Å². The number of phenolic OH excluding ortho intramolecular Hbond substituents is 1. The number of carbonyl (C=O) groups excluding carboxylic acids is 1. The van der Waals surface area contributed by atoms with E-state index in [9.17, 15) is 9.90 Å². The molecule has 1 aromatic rings. The molecule has 0 aliphatic heterocycles. The number of benzene rings is 1. The van der Waals surface area contributed by atoms with Crippen molar-refractivity contribution in [2.45, 2.75) is 187 Å². The van der Waals surface area contributed by atoms with Crippen LogP contribution >= 0.6 is 0 Å². The van der Waals surface area contributed by atoms with Gasteiger partial charge in [-0.05, 0) is 31.9 Å². The Morgan fingerprint density at radius 3 is 1.39 bits per heavy atom. The molecular formula is C42H76O7. The van der Waals surface area contributed by atoms with Crippen LogP contribution in [0.25, 0.3) is 0 Å². The minimum absolute atomic E-state index is 0.113. The third-order valence-electron chi connectivity index (χ3n) is 9.11. The maximum atomic E-state index is 10.9. The highest BCUT2D eigenvalue weighted by Gasteiger charge is 2.12. The number of aromatic hydroxyl groups is 1. The Kier molecular flexibility index (Phi) is 32.2. The fourth-order valence-electron chi connectivity index (χ4n) is 6.02. The maximum Gasteiger partial charge on any atom is 0.197 e. The van der Waals surface area contributed by atoms with Crippen LogP contribution in [0.3, 0.4) is 0 Å². The van der Waals surface area contributed by atoms with E-state index >= 15 is 0 Å². The molecule has 1 atom stereocenters. The fourth-order valence-corrected chi connectivity index (χ4v) is 6.02. The summed E-state index contributed by atoms with van der Waals surface area (Å²) in [6.45, 7) is 9.65. The monoisotopic (exact) mass is 693 g/mol. The summed E-state index contributed by atoms with van der Waals surface area (Å²) in [4.78, 5) is 10.9. The van der Waals surface area contributed by atoms with Gasteiger partial charge in [0.1, 0.15) is 17.6 Å². The van der Waals surface area contributed by atoms with Crippen LogP contribution in [-0.4, -0.2) is 63.4 Å². The zero-order valence-corrected chi connectivity index (χ0v) is 32.1. The van der Waals surface area contributed by atoms with E-state index in [1.165, 1.54) is 153 Å². The molecule has 7 nitrogen and oxygen atoms in total. The second-order valence-corrected chi connectivity index (χ2v) is 13.8. The lowest BCUT2D eigenvalue weighted by Gasteiger charge is -2.20. The Bertz CT molecular complexity index is 816. The number of unbranched alkanes of at least 4 members (excludes halogenated alkanes) is 22. The Labute approximate surface area is 301 Å². The highest BCUT2D eigenvalue weighted by Crippen LogP contribution is 2.23. The van der Waals surface area contributed by atoms with Gasteiger partial charge in [0.15, 0.2) is 12.6 Å². The van der Waals surface area contributed by atoms with Crippen molar-refractivity contribution in [3.8, 4) is 11.5 Å². The van der Waals surface area contributed by atoms with Gasteiger partial charge in [-0.2, -0.15) is 0 Å². The first-order valence-electron chi connectivity index (χ1n) is 20.4. The van der Waals surface area contributed by atoms with Gasteiger partial charge < -0.3 is 28.8 Å². The molecule has 49 heavy (non-hydrogen) atoms. The van der Waals surface area contributed by atoms with Gasteiger partial charge in [-0.3, -0.25) is 4.79 Å². The van der Waals surface area contributed by atoms with Crippen LogP contribution in [0.1, 0.15) is 185 Å². The van der Waals surface area contributed by atoms with Crippen molar-refractivity contribution in [3.63, 3.8) is 0 Å². The lowest BCUT2D eigenvalue weighted by atomic mass is 10.1. The van der Waals surface area contributed by atoms with E-state index < -0.39 is 6.29 Å². The van der Waals surface area contributed by atoms with Crippen LogP contribution in [0.5, 0.6) is 11.5 Å². The molecule has 0 aromatic heterocycles. The highest BCUT2D eigenvalue weighted by molar-refractivity contribution is 5.79. The molecule has 0 heterocycles. The van der Waals surface area contributed by atoms with Crippen molar-refractivity contribution in [1.29, 1.82) is 0 Å². The van der Waals surface area contributed by atoms with Gasteiger partial charge in [-0.25, -0.2) is 0 Å². The van der Waals surface area contributed by atoms with E-state index in [4.69, 9.17) is 23.7 Å². The van der Waals surface area contributed by atoms with Gasteiger partial charge in [0.2, 0.25) is 0 Å². The highest BCUT2D eigenvalue weighted by atomic mass is 16.7. The van der Waals surface area contributed by atoms with Gasteiger partial charge in [0.25, 0.3) is 0 Å². The van der Waals surface area contributed by atoms with Gasteiger partial charge in [0, 0.05) is 19.3 Å². The fraction of sp³-hybridized carbons (Fsp3) is 0.833. The van der Waals surface area contributed by atoms with E-state index in [1.807, 2.05) is 0 Å². The van der Waals surface area contributed by atoms with Crippen LogP contribution in [0.2, 0.25) is 0 Å². The normalized spacial score (nSPS) is 12.2. The Morgan fingerprint density at radius 2 is 0.980 bits per heavy atom. The van der Waals surface area contributed by atoms with Gasteiger partial charge in [-0.15, -0.1) is 0 Å². The third kappa shape index (κ3) is 28.7. The molecule has 286 valence electrons. The molecule has 1 N–H and O–H groups in total. The standard InChI is InChI=1S/C42H76O7/c1-4-6-8-10-12-14-16-18-20-22-24-26-30-45-36-41(37-46-31-27-25-23-21-19-17-15-13-11-9-7-5-2)48-33-32-47-38(3)49-40-29-28-39(35-43)42(44)34-40/h28-29,34-35,38,41,44H,4-27,30-33,36-37H2,1-3H3. The van der Waals surface area contributed by atoms with Crippen molar-refractivity contribution >= 4 is 6.29 Å². The minimum atomic E-state index is -0.535. The summed E-state index contributed by atoms with van der Waals surface area (Å²) in [5, 5.41) is 9.88. The number of hydrogen-bond acceptors (Lipinski definition) is 7. The minimum Gasteiger partial charge on any atom is -0.507 e. The summed E-state index contributed by atoms with van der Waals surface area (Å²) in [6.07, 6.45) is 32.0. The summed E-state index contributed by atoms with van der Waals surface area (Å²) < 4.78 is 29.6. The quantitative estimate of drug-likeness (QED) is 0.0419. The number of phenols is 1. The zero-order chi connectivity index (χ0) is 35.5. The van der Waals surface area contributed by atoms with Crippen LogP contribution in [0, 0.1) is 0 Å². The summed E-state index contributed by atoms with van der Waals surface area (Å²) >= 11 is 0. The SMILES string of the molecule is CCCCCCCCCCCCCCOCC(COCCCCCCCCCCCCCC)OCCOC(C)Oc1ccc(C=O)c(O)c1. The molecule has 0 amide bonds. The molecule has 0 saturated heterocycles. The summed E-state index contributed by atoms with van der Waals surface area (Å²) in [6, 6.07) is 4.57. The van der Waals surface area contributed by atoms with E-state index in [0.29, 0.717) is 38.5 Å². The Morgan fingerprint density at radius 1 is 0.571 bits per heavy atom. The van der Waals surface area contributed by atoms with Crippen molar-refractivity contribution in [2.75, 3.05) is 39.6 Å². The first-order valence-corrected chi connectivity index (χ1v) is 20.4. The predicted molar refractivity (Wildman–Crippen MR) is 203 cm³/mol. The number of aldehydes is 1. The molecule has 1 aromatic carbocycles. The Balaban J connectivity index is 2.22. The van der Waals surface area contributed by atoms with E-state index in [1.54, 1.807) is 13.0 Å². The molecule has 1 rings (SSSR count). The number of ether oxygens (including phenoxy) is 5. The lowest BCUT2D eigenvalue weighted by molar-refractivity contribution is -0.110. The van der Waals surface area contributed by atoms with E-state index in [2.05, 4.69) is 13.8 Å². The van der Waals surface area contributed by atoms with Crippen LogP contribution in [0.4, 0.5) is 0 Å². The first kappa shape index (κ1) is 45.4. The summed E-state index contributed by atoms with van der Waals surface area (Å²) in [5.74, 6) is 0.324. The van der Waals surface area contributed by atoms with Crippen molar-refractivity contribution < 1.29 is 33.6 Å². The van der Waals surface area contributed by atoms with E-state index in [-0.39, 0.29) is 17.4 Å². The maximum absolute atomic E-state index is 10.9. The largest absolute Gasteiger partial charge is 0.507 e. The lowest BCUT2D eigenvalue weighted by Crippen LogP contribution is -2.28. The molecule has 1 unspecified atom stereocenters. The second kappa shape index (κ2) is 34.8. The molecule has 0 radical (unpaired) electrons. The molecular weight excluding hydrogens is 616 g/mol. The first-order chi connectivity index (χ1) is 24.1. The average molecular weight is 693 g/mol. The topological polar surface area (TPSA) is 83.5 Å². The molecule has 0 fully saturated rings. The molecule has 0 bridgehead atoms. The molecule has 0 saturated carbocycles. The van der Waals surface area contributed by atoms with Crippen LogP contribution in [-0.2, 0) is 18.9 Å². The average Bonchev–Trinajstić information content (AvgIpc) is 3.10. The molecule has 0 spiro atoms. The summed E-state index contributed by atoms with van der Waals surface area (Å²) in [7, 11) is 0.